The van der Waals surface area contributed by atoms with Gasteiger partial charge >= 0.3 is 6.09 Å². The summed E-state index contributed by atoms with van der Waals surface area (Å²) in [6.45, 7) is 10.9. The summed E-state index contributed by atoms with van der Waals surface area (Å²) in [7, 11) is 0. The number of hydrogen-bond acceptors (Lipinski definition) is 4. The van der Waals surface area contributed by atoms with Crippen LogP contribution in [0.15, 0.2) is 12.3 Å². The summed E-state index contributed by atoms with van der Waals surface area (Å²) in [5.74, 6) is 0. The fraction of sp³-hybridized carbons (Fsp3) is 0.733. The van der Waals surface area contributed by atoms with E-state index in [1.165, 1.54) is 5.69 Å². The number of aryl methyl sites for hydroxylation is 1. The van der Waals surface area contributed by atoms with Crippen molar-refractivity contribution in [1.29, 1.82) is 0 Å². The van der Waals surface area contributed by atoms with E-state index in [-0.39, 0.29) is 6.09 Å². The van der Waals surface area contributed by atoms with Gasteiger partial charge in [0.05, 0.1) is 5.69 Å². The lowest BCUT2D eigenvalue weighted by Gasteiger charge is -2.19. The van der Waals surface area contributed by atoms with Crippen LogP contribution in [0.5, 0.6) is 0 Å². The smallest absolute Gasteiger partial charge is 0.407 e. The SMILES string of the molecule is CCCn1nccc1CNCCCNC(=O)OC(C)(C)C. The Labute approximate surface area is 127 Å². The highest BCUT2D eigenvalue weighted by atomic mass is 16.6. The number of rotatable bonds is 8. The van der Waals surface area contributed by atoms with Crippen LogP contribution in [0.3, 0.4) is 0 Å². The minimum atomic E-state index is -0.444. The van der Waals surface area contributed by atoms with Crippen molar-refractivity contribution < 1.29 is 9.53 Å². The van der Waals surface area contributed by atoms with Crippen molar-refractivity contribution in [3.63, 3.8) is 0 Å². The maximum Gasteiger partial charge on any atom is 0.407 e. The molecule has 6 heteroatoms. The van der Waals surface area contributed by atoms with Crippen molar-refractivity contribution in [2.75, 3.05) is 13.1 Å². The zero-order valence-electron chi connectivity index (χ0n) is 13.6. The highest BCUT2D eigenvalue weighted by Crippen LogP contribution is 2.06. The lowest BCUT2D eigenvalue weighted by Crippen LogP contribution is -2.33. The molecule has 0 atom stereocenters. The molecule has 0 fully saturated rings. The molecule has 0 aliphatic carbocycles. The van der Waals surface area contributed by atoms with Crippen LogP contribution >= 0.6 is 0 Å². The van der Waals surface area contributed by atoms with Crippen molar-refractivity contribution in [2.24, 2.45) is 0 Å². The second kappa shape index (κ2) is 8.67. The normalized spacial score (nSPS) is 11.4. The van der Waals surface area contributed by atoms with Crippen LogP contribution in [-0.2, 0) is 17.8 Å². The Kier molecular flexibility index (Phi) is 7.22. The highest BCUT2D eigenvalue weighted by Gasteiger charge is 2.15. The van der Waals surface area contributed by atoms with Gasteiger partial charge in [-0.05, 0) is 46.2 Å². The van der Waals surface area contributed by atoms with Crippen LogP contribution in [0.2, 0.25) is 0 Å². The Morgan fingerprint density at radius 1 is 1.38 bits per heavy atom. The molecule has 0 aliphatic rings. The number of carbonyl (C=O) groups excluding carboxylic acids is 1. The van der Waals surface area contributed by atoms with Crippen molar-refractivity contribution >= 4 is 6.09 Å². The van der Waals surface area contributed by atoms with E-state index >= 15 is 0 Å². The van der Waals surface area contributed by atoms with E-state index < -0.39 is 5.60 Å². The van der Waals surface area contributed by atoms with Gasteiger partial charge in [0, 0.05) is 25.8 Å². The minimum Gasteiger partial charge on any atom is -0.444 e. The number of amides is 1. The fourth-order valence-electron chi connectivity index (χ4n) is 1.86. The molecule has 1 aromatic rings. The molecule has 0 saturated carbocycles. The zero-order chi connectivity index (χ0) is 15.7. The van der Waals surface area contributed by atoms with Gasteiger partial charge in [-0.1, -0.05) is 6.92 Å². The third-order valence-corrected chi connectivity index (χ3v) is 2.74. The predicted octanol–water partition coefficient (Wildman–Crippen LogP) is 2.30. The molecule has 1 rings (SSSR count). The van der Waals surface area contributed by atoms with E-state index in [1.807, 2.05) is 37.7 Å². The molecule has 1 heterocycles. The maximum absolute atomic E-state index is 11.4. The predicted molar refractivity (Wildman–Crippen MR) is 83.1 cm³/mol. The summed E-state index contributed by atoms with van der Waals surface area (Å²) in [5.41, 5.74) is 0.747. The van der Waals surface area contributed by atoms with Gasteiger partial charge in [0.15, 0.2) is 0 Å². The summed E-state index contributed by atoms with van der Waals surface area (Å²) in [5, 5.41) is 10.4. The summed E-state index contributed by atoms with van der Waals surface area (Å²) < 4.78 is 7.18. The first kappa shape index (κ1) is 17.5. The molecule has 0 aliphatic heterocycles. The molecule has 0 aromatic carbocycles. The van der Waals surface area contributed by atoms with Gasteiger partial charge in [-0.15, -0.1) is 0 Å². The third kappa shape index (κ3) is 7.70. The summed E-state index contributed by atoms with van der Waals surface area (Å²) in [6, 6.07) is 2.03. The van der Waals surface area contributed by atoms with Crippen LogP contribution in [0.25, 0.3) is 0 Å². The molecule has 2 N–H and O–H groups in total. The standard InChI is InChI=1S/C15H28N4O2/c1-5-11-19-13(7-10-18-19)12-16-8-6-9-17-14(20)21-15(2,3)4/h7,10,16H,5-6,8-9,11-12H2,1-4H3,(H,17,20). The number of nitrogens with zero attached hydrogens (tertiary/aromatic N) is 2. The number of carbonyl (C=O) groups is 1. The quantitative estimate of drug-likeness (QED) is 0.722. The van der Waals surface area contributed by atoms with Gasteiger partial charge in [0.1, 0.15) is 5.60 Å². The third-order valence-electron chi connectivity index (χ3n) is 2.74. The number of aromatic nitrogens is 2. The van der Waals surface area contributed by atoms with Crippen LogP contribution in [0, 0.1) is 0 Å². The second-order valence-corrected chi connectivity index (χ2v) is 6.00. The van der Waals surface area contributed by atoms with Gasteiger partial charge in [0.2, 0.25) is 0 Å². The summed E-state index contributed by atoms with van der Waals surface area (Å²) >= 11 is 0. The molecular weight excluding hydrogens is 268 g/mol. The fourth-order valence-corrected chi connectivity index (χ4v) is 1.86. The average Bonchev–Trinajstić information content (AvgIpc) is 2.79. The largest absolute Gasteiger partial charge is 0.444 e. The molecule has 0 spiro atoms. The summed E-state index contributed by atoms with van der Waals surface area (Å²) in [4.78, 5) is 11.4. The van der Waals surface area contributed by atoms with E-state index in [9.17, 15) is 4.79 Å². The Balaban J connectivity index is 2.09. The number of nitrogens with one attached hydrogen (secondary N) is 2. The van der Waals surface area contributed by atoms with E-state index in [2.05, 4.69) is 22.7 Å². The van der Waals surface area contributed by atoms with Crippen LogP contribution in [0.1, 0.15) is 46.2 Å². The number of hydrogen-bond donors (Lipinski definition) is 2. The molecular formula is C15H28N4O2. The number of alkyl carbamates (subject to hydrolysis) is 1. The van der Waals surface area contributed by atoms with E-state index in [0.29, 0.717) is 6.54 Å². The maximum atomic E-state index is 11.4. The van der Waals surface area contributed by atoms with Crippen molar-refractivity contribution in [3.05, 3.63) is 18.0 Å². The van der Waals surface area contributed by atoms with Gasteiger partial charge < -0.3 is 15.4 Å². The molecule has 1 aromatic heterocycles. The Bertz CT molecular complexity index is 424. The molecule has 0 unspecified atom stereocenters. The Hall–Kier alpha value is -1.56. The molecule has 0 radical (unpaired) electrons. The van der Waals surface area contributed by atoms with E-state index in [1.54, 1.807) is 0 Å². The van der Waals surface area contributed by atoms with E-state index in [0.717, 1.165) is 32.5 Å². The first-order chi connectivity index (χ1) is 9.92. The van der Waals surface area contributed by atoms with E-state index in [4.69, 9.17) is 4.74 Å². The topological polar surface area (TPSA) is 68.2 Å². The lowest BCUT2D eigenvalue weighted by atomic mass is 10.2. The van der Waals surface area contributed by atoms with Crippen molar-refractivity contribution in [2.45, 2.75) is 59.2 Å². The monoisotopic (exact) mass is 296 g/mol. The van der Waals surface area contributed by atoms with Gasteiger partial charge in [-0.25, -0.2) is 4.79 Å². The summed E-state index contributed by atoms with van der Waals surface area (Å²) in [6.07, 6.45) is 3.41. The van der Waals surface area contributed by atoms with Gasteiger partial charge in [0.25, 0.3) is 0 Å². The first-order valence-corrected chi connectivity index (χ1v) is 7.60. The Morgan fingerprint density at radius 3 is 2.81 bits per heavy atom. The molecule has 0 bridgehead atoms. The minimum absolute atomic E-state index is 0.358. The van der Waals surface area contributed by atoms with Gasteiger partial charge in [-0.2, -0.15) is 5.10 Å². The second-order valence-electron chi connectivity index (χ2n) is 6.00. The molecule has 120 valence electrons. The molecule has 1 amide bonds. The molecule has 6 nitrogen and oxygen atoms in total. The zero-order valence-corrected chi connectivity index (χ0v) is 13.6. The average molecular weight is 296 g/mol. The lowest BCUT2D eigenvalue weighted by molar-refractivity contribution is 0.0527. The highest BCUT2D eigenvalue weighted by molar-refractivity contribution is 5.67. The van der Waals surface area contributed by atoms with Crippen LogP contribution in [0.4, 0.5) is 4.79 Å². The first-order valence-electron chi connectivity index (χ1n) is 7.60. The molecule has 0 saturated heterocycles. The van der Waals surface area contributed by atoms with Crippen LogP contribution < -0.4 is 10.6 Å². The molecule has 21 heavy (non-hydrogen) atoms. The van der Waals surface area contributed by atoms with Gasteiger partial charge in [-0.3, -0.25) is 4.68 Å². The Morgan fingerprint density at radius 2 is 2.14 bits per heavy atom. The number of ether oxygens (including phenoxy) is 1. The van der Waals surface area contributed by atoms with Crippen molar-refractivity contribution in [1.82, 2.24) is 20.4 Å². The van der Waals surface area contributed by atoms with Crippen LogP contribution in [-0.4, -0.2) is 34.6 Å². The van der Waals surface area contributed by atoms with Crippen molar-refractivity contribution in [3.8, 4) is 0 Å².